The van der Waals surface area contributed by atoms with Crippen LogP contribution in [0.3, 0.4) is 0 Å². The second kappa shape index (κ2) is 3.84. The van der Waals surface area contributed by atoms with Crippen LogP contribution in [0.2, 0.25) is 0 Å². The Balaban J connectivity index is 2.61. The number of rotatable bonds is 2. The van der Waals surface area contributed by atoms with Crippen molar-refractivity contribution in [3.8, 4) is 0 Å². The molecule has 0 aliphatic carbocycles. The van der Waals surface area contributed by atoms with E-state index in [9.17, 15) is 4.79 Å². The molecule has 0 unspecified atom stereocenters. The van der Waals surface area contributed by atoms with Gasteiger partial charge in [0, 0.05) is 5.56 Å². The molecule has 0 bridgehead atoms. The maximum Gasteiger partial charge on any atom is 0.268 e. The first-order valence-corrected chi connectivity index (χ1v) is 4.50. The third-order valence-corrected chi connectivity index (χ3v) is 2.12. The number of amides is 1. The summed E-state index contributed by atoms with van der Waals surface area (Å²) >= 11 is 0. The fourth-order valence-corrected chi connectivity index (χ4v) is 1.31. The Morgan fingerprint density at radius 3 is 2.69 bits per heavy atom. The lowest BCUT2D eigenvalue weighted by Gasteiger charge is -2.04. The van der Waals surface area contributed by atoms with Gasteiger partial charge in [-0.25, -0.2) is 4.98 Å². The van der Waals surface area contributed by atoms with Crippen molar-refractivity contribution in [2.45, 2.75) is 6.29 Å². The molecule has 0 fully saturated rings. The van der Waals surface area contributed by atoms with Gasteiger partial charge < -0.3 is 15.9 Å². The van der Waals surface area contributed by atoms with Gasteiger partial charge in [0.05, 0.1) is 17.2 Å². The summed E-state index contributed by atoms with van der Waals surface area (Å²) in [5.74, 6) is -0.677. The van der Waals surface area contributed by atoms with E-state index < -0.39 is 12.2 Å². The molecule has 82 valence electrons. The van der Waals surface area contributed by atoms with Crippen LogP contribution in [0.25, 0.3) is 11.0 Å². The maximum atomic E-state index is 10.9. The molecule has 0 radical (unpaired) electrons. The van der Waals surface area contributed by atoms with Crippen LogP contribution in [0.4, 0.5) is 0 Å². The highest BCUT2D eigenvalue weighted by atomic mass is 16.5. The molecule has 1 heterocycles. The number of aromatic nitrogens is 2. The van der Waals surface area contributed by atoms with Gasteiger partial charge >= 0.3 is 0 Å². The van der Waals surface area contributed by atoms with Crippen LogP contribution in [0.15, 0.2) is 24.4 Å². The van der Waals surface area contributed by atoms with Gasteiger partial charge in [0.2, 0.25) is 0 Å². The molecule has 0 spiro atoms. The van der Waals surface area contributed by atoms with Crippen LogP contribution < -0.4 is 5.73 Å². The van der Waals surface area contributed by atoms with Gasteiger partial charge in [0.15, 0.2) is 6.29 Å². The quantitative estimate of drug-likeness (QED) is 0.601. The number of primary amides is 1. The van der Waals surface area contributed by atoms with E-state index in [1.165, 1.54) is 18.3 Å². The largest absolute Gasteiger partial charge is 0.364 e. The molecule has 0 saturated heterocycles. The molecule has 0 saturated carbocycles. The first kappa shape index (κ1) is 10.5. The summed E-state index contributed by atoms with van der Waals surface area (Å²) in [4.78, 5) is 18.8. The zero-order chi connectivity index (χ0) is 11.7. The molecule has 6 nitrogen and oxygen atoms in total. The second-order valence-corrected chi connectivity index (χ2v) is 3.24. The first-order chi connectivity index (χ1) is 7.58. The highest BCUT2D eigenvalue weighted by Crippen LogP contribution is 2.16. The zero-order valence-corrected chi connectivity index (χ0v) is 8.16. The van der Waals surface area contributed by atoms with Gasteiger partial charge in [0.1, 0.15) is 5.69 Å². The summed E-state index contributed by atoms with van der Waals surface area (Å²) in [5, 5.41) is 18.0. The van der Waals surface area contributed by atoms with Gasteiger partial charge in [0.25, 0.3) is 5.91 Å². The van der Waals surface area contributed by atoms with Crippen LogP contribution in [0.5, 0.6) is 0 Å². The lowest BCUT2D eigenvalue weighted by Crippen LogP contribution is -2.13. The Morgan fingerprint density at radius 1 is 1.31 bits per heavy atom. The SMILES string of the molecule is NC(=O)c1cnc2ccc(C(O)O)cc2n1. The molecule has 2 rings (SSSR count). The summed E-state index contributed by atoms with van der Waals surface area (Å²) in [6, 6.07) is 4.55. The molecule has 16 heavy (non-hydrogen) atoms. The van der Waals surface area contributed by atoms with E-state index in [-0.39, 0.29) is 11.3 Å². The summed E-state index contributed by atoms with van der Waals surface area (Å²) in [7, 11) is 0. The Labute approximate surface area is 90.4 Å². The molecular formula is C10H9N3O3. The lowest BCUT2D eigenvalue weighted by molar-refractivity contribution is -0.0424. The number of aliphatic hydroxyl groups is 2. The van der Waals surface area contributed by atoms with Crippen LogP contribution >= 0.6 is 0 Å². The monoisotopic (exact) mass is 219 g/mol. The minimum Gasteiger partial charge on any atom is -0.364 e. The number of carbonyl (C=O) groups excluding carboxylic acids is 1. The number of fused-ring (bicyclic) bond motifs is 1. The highest BCUT2D eigenvalue weighted by Gasteiger charge is 2.07. The number of aliphatic hydroxyl groups excluding tert-OH is 1. The van der Waals surface area contributed by atoms with Crippen molar-refractivity contribution in [3.63, 3.8) is 0 Å². The maximum absolute atomic E-state index is 10.9. The standard InChI is InChI=1S/C10H9N3O3/c11-9(14)8-4-12-6-2-1-5(10(15)16)3-7(6)13-8/h1-4,10,15-16H,(H2,11,14). The normalized spacial score (nSPS) is 10.9. The summed E-state index contributed by atoms with van der Waals surface area (Å²) in [6.07, 6.45) is -0.303. The molecule has 2 aromatic rings. The van der Waals surface area contributed by atoms with Crippen molar-refractivity contribution in [3.05, 3.63) is 35.7 Å². The number of nitrogens with two attached hydrogens (primary N) is 1. The average molecular weight is 219 g/mol. The van der Waals surface area contributed by atoms with Gasteiger partial charge in [-0.2, -0.15) is 0 Å². The Kier molecular flexibility index (Phi) is 2.51. The number of benzene rings is 1. The predicted molar refractivity (Wildman–Crippen MR) is 55.2 cm³/mol. The summed E-state index contributed by atoms with van der Waals surface area (Å²) < 4.78 is 0. The molecule has 0 atom stereocenters. The van der Waals surface area contributed by atoms with Crippen molar-refractivity contribution in [1.29, 1.82) is 0 Å². The molecule has 1 amide bonds. The van der Waals surface area contributed by atoms with Crippen molar-refractivity contribution >= 4 is 16.9 Å². The summed E-state index contributed by atoms with van der Waals surface area (Å²) in [6.45, 7) is 0. The predicted octanol–water partition coefficient (Wildman–Crippen LogP) is -0.288. The highest BCUT2D eigenvalue weighted by molar-refractivity contribution is 5.92. The van der Waals surface area contributed by atoms with E-state index in [1.54, 1.807) is 6.07 Å². The number of hydrogen-bond acceptors (Lipinski definition) is 5. The fourth-order valence-electron chi connectivity index (χ4n) is 1.31. The zero-order valence-electron chi connectivity index (χ0n) is 8.16. The Hall–Kier alpha value is -2.05. The minimum atomic E-state index is -1.58. The van der Waals surface area contributed by atoms with E-state index in [0.717, 1.165) is 0 Å². The van der Waals surface area contributed by atoms with E-state index in [2.05, 4.69) is 9.97 Å². The van der Waals surface area contributed by atoms with Crippen molar-refractivity contribution in [1.82, 2.24) is 9.97 Å². The van der Waals surface area contributed by atoms with Crippen molar-refractivity contribution in [2.24, 2.45) is 5.73 Å². The fraction of sp³-hybridized carbons (Fsp3) is 0.100. The van der Waals surface area contributed by atoms with Crippen LogP contribution in [-0.2, 0) is 0 Å². The Bertz CT molecular complexity index is 554. The number of hydrogen-bond donors (Lipinski definition) is 3. The van der Waals surface area contributed by atoms with Gasteiger partial charge in [-0.05, 0) is 12.1 Å². The van der Waals surface area contributed by atoms with Gasteiger partial charge in [-0.1, -0.05) is 6.07 Å². The lowest BCUT2D eigenvalue weighted by atomic mass is 10.2. The molecular weight excluding hydrogens is 210 g/mol. The van der Waals surface area contributed by atoms with E-state index in [4.69, 9.17) is 15.9 Å². The first-order valence-electron chi connectivity index (χ1n) is 4.50. The molecule has 1 aromatic heterocycles. The minimum absolute atomic E-state index is 0.0390. The number of nitrogens with zero attached hydrogens (tertiary/aromatic N) is 2. The smallest absolute Gasteiger partial charge is 0.268 e. The van der Waals surface area contributed by atoms with Crippen LogP contribution in [-0.4, -0.2) is 26.1 Å². The molecule has 0 aliphatic heterocycles. The average Bonchev–Trinajstić information content (AvgIpc) is 2.27. The van der Waals surface area contributed by atoms with Crippen molar-refractivity contribution < 1.29 is 15.0 Å². The topological polar surface area (TPSA) is 109 Å². The van der Waals surface area contributed by atoms with E-state index >= 15 is 0 Å². The molecule has 1 aromatic carbocycles. The van der Waals surface area contributed by atoms with Gasteiger partial charge in [-0.3, -0.25) is 9.78 Å². The number of carbonyl (C=O) groups is 1. The molecule has 4 N–H and O–H groups in total. The molecule has 6 heteroatoms. The molecule has 0 aliphatic rings. The van der Waals surface area contributed by atoms with Crippen LogP contribution in [0, 0.1) is 0 Å². The van der Waals surface area contributed by atoms with E-state index in [1.807, 2.05) is 0 Å². The second-order valence-electron chi connectivity index (χ2n) is 3.24. The Morgan fingerprint density at radius 2 is 2.06 bits per heavy atom. The van der Waals surface area contributed by atoms with E-state index in [0.29, 0.717) is 11.0 Å². The van der Waals surface area contributed by atoms with Gasteiger partial charge in [-0.15, -0.1) is 0 Å². The third kappa shape index (κ3) is 1.83. The van der Waals surface area contributed by atoms with Crippen LogP contribution in [0.1, 0.15) is 22.3 Å². The third-order valence-electron chi connectivity index (χ3n) is 2.12. The summed E-state index contributed by atoms with van der Waals surface area (Å²) in [5.41, 5.74) is 6.32. The van der Waals surface area contributed by atoms with Crippen molar-refractivity contribution in [2.75, 3.05) is 0 Å².